The van der Waals surface area contributed by atoms with Crippen LogP contribution in [0.5, 0.6) is 0 Å². The Bertz CT molecular complexity index is 399. The molecular formula is C15H23N3O. The van der Waals surface area contributed by atoms with Gasteiger partial charge in [-0.2, -0.15) is 0 Å². The number of aromatic nitrogens is 1. The fourth-order valence-electron chi connectivity index (χ4n) is 2.80. The summed E-state index contributed by atoms with van der Waals surface area (Å²) in [7, 11) is 0. The van der Waals surface area contributed by atoms with Gasteiger partial charge in [-0.15, -0.1) is 0 Å². The van der Waals surface area contributed by atoms with E-state index in [9.17, 15) is 4.79 Å². The van der Waals surface area contributed by atoms with Crippen molar-refractivity contribution in [3.05, 3.63) is 30.1 Å². The van der Waals surface area contributed by atoms with Crippen LogP contribution in [0.4, 0.5) is 0 Å². The predicted molar refractivity (Wildman–Crippen MR) is 75.8 cm³/mol. The lowest BCUT2D eigenvalue weighted by Crippen LogP contribution is -2.43. The number of rotatable bonds is 6. The predicted octanol–water partition coefficient (Wildman–Crippen LogP) is 1.52. The van der Waals surface area contributed by atoms with Gasteiger partial charge in [-0.3, -0.25) is 9.78 Å². The lowest BCUT2D eigenvalue weighted by molar-refractivity contribution is -0.130. The summed E-state index contributed by atoms with van der Waals surface area (Å²) in [4.78, 5) is 16.5. The molecule has 104 valence electrons. The average molecular weight is 261 g/mol. The van der Waals surface area contributed by atoms with Crippen LogP contribution in [0.15, 0.2) is 24.5 Å². The molecule has 0 bridgehead atoms. The SMILES string of the molecule is CCCC1(C(=O)NCCc2cccnc2)CCNC1. The molecule has 4 heteroatoms. The highest BCUT2D eigenvalue weighted by Crippen LogP contribution is 2.31. The Labute approximate surface area is 115 Å². The Balaban J connectivity index is 1.83. The third-order valence-electron chi connectivity index (χ3n) is 3.88. The number of hydrogen-bond acceptors (Lipinski definition) is 3. The molecule has 19 heavy (non-hydrogen) atoms. The summed E-state index contributed by atoms with van der Waals surface area (Å²) in [5.74, 6) is 0.211. The van der Waals surface area contributed by atoms with Gasteiger partial charge >= 0.3 is 0 Å². The van der Waals surface area contributed by atoms with Crippen LogP contribution in [-0.4, -0.2) is 30.5 Å². The first-order valence-electron chi connectivity index (χ1n) is 7.15. The van der Waals surface area contributed by atoms with Crippen molar-refractivity contribution < 1.29 is 4.79 Å². The van der Waals surface area contributed by atoms with Crippen LogP contribution in [0.3, 0.4) is 0 Å². The topological polar surface area (TPSA) is 54.0 Å². The molecule has 0 spiro atoms. The summed E-state index contributed by atoms with van der Waals surface area (Å²) in [6.45, 7) is 4.61. The number of nitrogens with one attached hydrogen (secondary N) is 2. The van der Waals surface area contributed by atoms with Gasteiger partial charge in [0.05, 0.1) is 5.41 Å². The summed E-state index contributed by atoms with van der Waals surface area (Å²) >= 11 is 0. The molecule has 1 saturated heterocycles. The normalized spacial score (nSPS) is 22.4. The number of amides is 1. The smallest absolute Gasteiger partial charge is 0.227 e. The molecule has 2 heterocycles. The molecule has 0 saturated carbocycles. The van der Waals surface area contributed by atoms with Crippen LogP contribution in [-0.2, 0) is 11.2 Å². The Morgan fingerprint density at radius 2 is 2.47 bits per heavy atom. The van der Waals surface area contributed by atoms with Crippen molar-refractivity contribution in [3.8, 4) is 0 Å². The number of carbonyl (C=O) groups is 1. The summed E-state index contributed by atoms with van der Waals surface area (Å²) in [5.41, 5.74) is 0.987. The fourth-order valence-corrected chi connectivity index (χ4v) is 2.80. The quantitative estimate of drug-likeness (QED) is 0.816. The minimum atomic E-state index is -0.177. The summed E-state index contributed by atoms with van der Waals surface area (Å²) in [5, 5.41) is 6.41. The first-order chi connectivity index (χ1) is 9.27. The van der Waals surface area contributed by atoms with Gasteiger partial charge < -0.3 is 10.6 Å². The van der Waals surface area contributed by atoms with Crippen LogP contribution >= 0.6 is 0 Å². The second-order valence-electron chi connectivity index (χ2n) is 5.32. The Hall–Kier alpha value is -1.42. The maximum Gasteiger partial charge on any atom is 0.227 e. The van der Waals surface area contributed by atoms with Crippen LogP contribution in [0, 0.1) is 5.41 Å². The van der Waals surface area contributed by atoms with Gasteiger partial charge in [-0.1, -0.05) is 19.4 Å². The third-order valence-corrected chi connectivity index (χ3v) is 3.88. The van der Waals surface area contributed by atoms with E-state index in [1.807, 2.05) is 18.3 Å². The molecule has 1 aromatic rings. The molecule has 2 rings (SSSR count). The van der Waals surface area contributed by atoms with E-state index in [1.165, 1.54) is 0 Å². The van der Waals surface area contributed by atoms with Crippen molar-refractivity contribution in [1.82, 2.24) is 15.6 Å². The van der Waals surface area contributed by atoms with Crippen molar-refractivity contribution in [1.29, 1.82) is 0 Å². The minimum Gasteiger partial charge on any atom is -0.355 e. The van der Waals surface area contributed by atoms with Gasteiger partial charge in [0.25, 0.3) is 0 Å². The van der Waals surface area contributed by atoms with Crippen molar-refractivity contribution in [2.75, 3.05) is 19.6 Å². The Morgan fingerprint density at radius 1 is 1.58 bits per heavy atom. The lowest BCUT2D eigenvalue weighted by Gasteiger charge is -2.26. The minimum absolute atomic E-state index is 0.177. The second-order valence-corrected chi connectivity index (χ2v) is 5.32. The van der Waals surface area contributed by atoms with Crippen LogP contribution in [0.1, 0.15) is 31.7 Å². The zero-order valence-corrected chi connectivity index (χ0v) is 11.6. The van der Waals surface area contributed by atoms with E-state index in [1.54, 1.807) is 6.20 Å². The molecule has 1 amide bonds. The van der Waals surface area contributed by atoms with E-state index in [4.69, 9.17) is 0 Å². The van der Waals surface area contributed by atoms with Crippen LogP contribution in [0.25, 0.3) is 0 Å². The maximum atomic E-state index is 12.4. The molecule has 1 fully saturated rings. The molecule has 0 aromatic carbocycles. The fraction of sp³-hybridized carbons (Fsp3) is 0.600. The number of hydrogen-bond donors (Lipinski definition) is 2. The maximum absolute atomic E-state index is 12.4. The Morgan fingerprint density at radius 3 is 3.11 bits per heavy atom. The highest BCUT2D eigenvalue weighted by molar-refractivity contribution is 5.83. The van der Waals surface area contributed by atoms with Crippen LogP contribution < -0.4 is 10.6 Å². The second kappa shape index (κ2) is 6.66. The van der Waals surface area contributed by atoms with E-state index in [0.29, 0.717) is 6.54 Å². The van der Waals surface area contributed by atoms with Crippen LogP contribution in [0.2, 0.25) is 0 Å². The average Bonchev–Trinajstić information content (AvgIpc) is 2.90. The Kier molecular flexibility index (Phi) is 4.91. The molecule has 2 N–H and O–H groups in total. The third kappa shape index (κ3) is 3.53. The zero-order valence-electron chi connectivity index (χ0n) is 11.6. The monoisotopic (exact) mass is 261 g/mol. The summed E-state index contributed by atoms with van der Waals surface area (Å²) < 4.78 is 0. The zero-order chi connectivity index (χ0) is 13.6. The van der Waals surface area contributed by atoms with E-state index < -0.39 is 0 Å². The lowest BCUT2D eigenvalue weighted by atomic mass is 9.81. The first-order valence-corrected chi connectivity index (χ1v) is 7.15. The summed E-state index contributed by atoms with van der Waals surface area (Å²) in [6, 6.07) is 3.97. The van der Waals surface area contributed by atoms with Crippen molar-refractivity contribution in [2.24, 2.45) is 5.41 Å². The highest BCUT2D eigenvalue weighted by Gasteiger charge is 2.39. The van der Waals surface area contributed by atoms with E-state index >= 15 is 0 Å². The van der Waals surface area contributed by atoms with Gasteiger partial charge in [0.1, 0.15) is 0 Å². The standard InChI is InChI=1S/C15H23N3O/c1-2-6-15(7-10-17-12-15)14(19)18-9-5-13-4-3-8-16-11-13/h3-4,8,11,17H,2,5-7,9-10,12H2,1H3,(H,18,19). The van der Waals surface area contributed by atoms with Crippen molar-refractivity contribution >= 4 is 5.91 Å². The van der Waals surface area contributed by atoms with Crippen molar-refractivity contribution in [3.63, 3.8) is 0 Å². The number of pyridine rings is 1. The van der Waals surface area contributed by atoms with Gasteiger partial charge in [0.2, 0.25) is 5.91 Å². The van der Waals surface area contributed by atoms with Gasteiger partial charge in [-0.05, 0) is 37.4 Å². The molecule has 4 nitrogen and oxygen atoms in total. The molecule has 1 unspecified atom stereocenters. The number of nitrogens with zero attached hydrogens (tertiary/aromatic N) is 1. The number of carbonyl (C=O) groups excluding carboxylic acids is 1. The summed E-state index contributed by atoms with van der Waals surface area (Å²) in [6.07, 6.45) is 7.44. The molecule has 1 aliphatic rings. The van der Waals surface area contributed by atoms with Crippen molar-refractivity contribution in [2.45, 2.75) is 32.6 Å². The van der Waals surface area contributed by atoms with E-state index in [-0.39, 0.29) is 11.3 Å². The largest absolute Gasteiger partial charge is 0.355 e. The van der Waals surface area contributed by atoms with Gasteiger partial charge in [0.15, 0.2) is 0 Å². The molecule has 0 radical (unpaired) electrons. The van der Waals surface area contributed by atoms with Gasteiger partial charge in [-0.25, -0.2) is 0 Å². The van der Waals surface area contributed by atoms with Gasteiger partial charge in [0, 0.05) is 25.5 Å². The first kappa shape index (κ1) is 14.0. The van der Waals surface area contributed by atoms with E-state index in [0.717, 1.165) is 44.3 Å². The highest BCUT2D eigenvalue weighted by atomic mass is 16.2. The molecule has 0 aliphatic carbocycles. The molecule has 1 aliphatic heterocycles. The molecule has 1 atom stereocenters. The molecule has 1 aromatic heterocycles. The molecular weight excluding hydrogens is 238 g/mol. The van der Waals surface area contributed by atoms with E-state index in [2.05, 4.69) is 22.5 Å².